The van der Waals surface area contributed by atoms with Gasteiger partial charge in [-0.1, -0.05) is 18.5 Å². The largest absolute Gasteiger partial charge is 0.305 e. The van der Waals surface area contributed by atoms with Crippen molar-refractivity contribution < 1.29 is 0 Å². The van der Waals surface area contributed by atoms with Crippen molar-refractivity contribution in [2.24, 2.45) is 7.05 Å². The van der Waals surface area contributed by atoms with E-state index in [4.69, 9.17) is 11.6 Å². The predicted molar refractivity (Wildman–Crippen MR) is 82.1 cm³/mol. The van der Waals surface area contributed by atoms with Crippen LogP contribution >= 0.6 is 11.6 Å². The van der Waals surface area contributed by atoms with E-state index in [9.17, 15) is 0 Å². The van der Waals surface area contributed by atoms with E-state index in [1.54, 1.807) is 6.20 Å². The lowest BCUT2D eigenvalue weighted by molar-refractivity contribution is 0.552. The number of nitrogens with one attached hydrogen (secondary N) is 1. The van der Waals surface area contributed by atoms with Crippen LogP contribution in [0.25, 0.3) is 0 Å². The van der Waals surface area contributed by atoms with Gasteiger partial charge in [0.2, 0.25) is 0 Å². The summed E-state index contributed by atoms with van der Waals surface area (Å²) in [6, 6.07) is 4.24. The molecule has 2 aromatic heterocycles. The molecule has 1 N–H and O–H groups in total. The summed E-state index contributed by atoms with van der Waals surface area (Å²) in [4.78, 5) is 4.44. The standard InChI is InChI=1S/C15H21ClN4/c1-5-6-17-14(15-13(16)9-18-20(15)4)12-7-10(2)19-11(3)8-12/h7-9,14,17H,5-6H2,1-4H3. The number of nitrogens with zero attached hydrogens (tertiary/aromatic N) is 3. The van der Waals surface area contributed by atoms with Crippen molar-refractivity contribution in [2.75, 3.05) is 6.54 Å². The Morgan fingerprint density at radius 1 is 1.30 bits per heavy atom. The minimum absolute atomic E-state index is 0.0374. The van der Waals surface area contributed by atoms with E-state index in [1.807, 2.05) is 25.6 Å². The molecule has 0 spiro atoms. The Bertz CT molecular complexity index is 552. The summed E-state index contributed by atoms with van der Waals surface area (Å²) in [6.07, 6.45) is 2.76. The molecule has 0 radical (unpaired) electrons. The van der Waals surface area contributed by atoms with Gasteiger partial charge in [-0.25, -0.2) is 0 Å². The molecule has 1 unspecified atom stereocenters. The third-order valence-electron chi connectivity index (χ3n) is 3.25. The van der Waals surface area contributed by atoms with E-state index < -0.39 is 0 Å². The van der Waals surface area contributed by atoms with Crippen molar-refractivity contribution in [1.29, 1.82) is 0 Å². The topological polar surface area (TPSA) is 42.7 Å². The van der Waals surface area contributed by atoms with Crippen LogP contribution < -0.4 is 5.32 Å². The minimum Gasteiger partial charge on any atom is -0.305 e. The van der Waals surface area contributed by atoms with E-state index >= 15 is 0 Å². The van der Waals surface area contributed by atoms with Crippen LogP contribution in [0.15, 0.2) is 18.3 Å². The van der Waals surface area contributed by atoms with Crippen LogP contribution in [0.2, 0.25) is 5.02 Å². The van der Waals surface area contributed by atoms with Gasteiger partial charge in [0.25, 0.3) is 0 Å². The zero-order valence-electron chi connectivity index (χ0n) is 12.4. The predicted octanol–water partition coefficient (Wildman–Crippen LogP) is 3.17. The Kier molecular flexibility index (Phi) is 4.78. The van der Waals surface area contributed by atoms with E-state index in [-0.39, 0.29) is 6.04 Å². The number of hydrogen-bond donors (Lipinski definition) is 1. The summed E-state index contributed by atoms with van der Waals surface area (Å²) >= 11 is 6.31. The molecule has 0 fully saturated rings. The minimum atomic E-state index is 0.0374. The molecule has 4 nitrogen and oxygen atoms in total. The molecule has 5 heteroatoms. The second-order valence-corrected chi connectivity index (χ2v) is 5.48. The van der Waals surface area contributed by atoms with Crippen LogP contribution in [-0.4, -0.2) is 21.3 Å². The number of rotatable bonds is 5. The van der Waals surface area contributed by atoms with Gasteiger partial charge >= 0.3 is 0 Å². The van der Waals surface area contributed by atoms with Crippen LogP contribution in [0.1, 0.15) is 42.0 Å². The summed E-state index contributed by atoms with van der Waals surface area (Å²) < 4.78 is 1.83. The molecule has 1 atom stereocenters. The molecule has 0 aliphatic rings. The highest BCUT2D eigenvalue weighted by molar-refractivity contribution is 6.31. The van der Waals surface area contributed by atoms with Gasteiger partial charge in [-0.15, -0.1) is 0 Å². The first-order valence-electron chi connectivity index (χ1n) is 6.89. The molecule has 2 aromatic rings. The van der Waals surface area contributed by atoms with Gasteiger partial charge < -0.3 is 5.32 Å². The Morgan fingerprint density at radius 2 is 1.95 bits per heavy atom. The fourth-order valence-electron chi connectivity index (χ4n) is 2.44. The van der Waals surface area contributed by atoms with Crippen molar-refractivity contribution in [3.8, 4) is 0 Å². The van der Waals surface area contributed by atoms with Crippen LogP contribution in [0.4, 0.5) is 0 Å². The number of halogens is 1. The molecule has 0 bridgehead atoms. The lowest BCUT2D eigenvalue weighted by Gasteiger charge is -2.20. The highest BCUT2D eigenvalue weighted by Crippen LogP contribution is 2.28. The zero-order valence-corrected chi connectivity index (χ0v) is 13.2. The molecule has 0 saturated carbocycles. The summed E-state index contributed by atoms with van der Waals surface area (Å²) in [5, 5.41) is 8.48. The Balaban J connectivity index is 2.47. The molecule has 0 aliphatic carbocycles. The molecule has 0 amide bonds. The van der Waals surface area contributed by atoms with Gasteiger partial charge in [0.15, 0.2) is 0 Å². The highest BCUT2D eigenvalue weighted by atomic mass is 35.5. The second kappa shape index (κ2) is 6.37. The van der Waals surface area contributed by atoms with Crippen LogP contribution in [0.3, 0.4) is 0 Å². The normalized spacial score (nSPS) is 12.7. The molecular formula is C15H21ClN4. The first-order chi connectivity index (χ1) is 9.52. The maximum atomic E-state index is 6.31. The number of aromatic nitrogens is 3. The molecule has 2 rings (SSSR count). The third-order valence-corrected chi connectivity index (χ3v) is 3.54. The second-order valence-electron chi connectivity index (χ2n) is 5.07. The molecule has 0 saturated heterocycles. The molecule has 2 heterocycles. The van der Waals surface area contributed by atoms with Gasteiger partial charge in [-0.05, 0) is 44.5 Å². The molecule has 0 aromatic carbocycles. The maximum absolute atomic E-state index is 6.31. The lowest BCUT2D eigenvalue weighted by atomic mass is 10.0. The number of hydrogen-bond acceptors (Lipinski definition) is 3. The first kappa shape index (κ1) is 15.0. The van der Waals surface area contributed by atoms with Crippen LogP contribution in [0.5, 0.6) is 0 Å². The first-order valence-corrected chi connectivity index (χ1v) is 7.26. The SMILES string of the molecule is CCCNC(c1cc(C)nc(C)c1)c1c(Cl)cnn1C. The zero-order chi connectivity index (χ0) is 14.7. The Hall–Kier alpha value is -1.39. The maximum Gasteiger partial charge on any atom is 0.0837 e. The fraction of sp³-hybridized carbons (Fsp3) is 0.467. The van der Waals surface area contributed by atoms with Crippen LogP contribution in [-0.2, 0) is 7.05 Å². The van der Waals surface area contributed by atoms with Crippen LogP contribution in [0, 0.1) is 13.8 Å². The van der Waals surface area contributed by atoms with Crippen molar-refractivity contribution in [3.05, 3.63) is 46.0 Å². The summed E-state index contributed by atoms with van der Waals surface area (Å²) in [5.74, 6) is 0. The molecule has 20 heavy (non-hydrogen) atoms. The Morgan fingerprint density at radius 3 is 2.45 bits per heavy atom. The quantitative estimate of drug-likeness (QED) is 0.920. The molecule has 108 valence electrons. The van der Waals surface area contributed by atoms with E-state index in [0.717, 1.165) is 30.0 Å². The van der Waals surface area contributed by atoms with Crippen molar-refractivity contribution in [2.45, 2.75) is 33.2 Å². The van der Waals surface area contributed by atoms with Gasteiger partial charge in [0.1, 0.15) is 0 Å². The Labute approximate surface area is 125 Å². The fourth-order valence-corrected chi connectivity index (χ4v) is 2.71. The van der Waals surface area contributed by atoms with Crippen molar-refractivity contribution in [3.63, 3.8) is 0 Å². The van der Waals surface area contributed by atoms with Crippen molar-refractivity contribution in [1.82, 2.24) is 20.1 Å². The number of pyridine rings is 1. The summed E-state index contributed by atoms with van der Waals surface area (Å²) in [6.45, 7) is 7.10. The van der Waals surface area contributed by atoms with E-state index in [2.05, 4.69) is 34.5 Å². The van der Waals surface area contributed by atoms with Gasteiger partial charge in [0, 0.05) is 18.4 Å². The smallest absolute Gasteiger partial charge is 0.0837 e. The van der Waals surface area contributed by atoms with Gasteiger partial charge in [-0.3, -0.25) is 9.67 Å². The monoisotopic (exact) mass is 292 g/mol. The molecule has 0 aliphatic heterocycles. The highest BCUT2D eigenvalue weighted by Gasteiger charge is 2.21. The summed E-state index contributed by atoms with van der Waals surface area (Å²) in [5.41, 5.74) is 4.20. The third kappa shape index (κ3) is 3.19. The lowest BCUT2D eigenvalue weighted by Crippen LogP contribution is -2.26. The van der Waals surface area contributed by atoms with E-state index in [0.29, 0.717) is 5.02 Å². The van der Waals surface area contributed by atoms with Gasteiger partial charge in [-0.2, -0.15) is 5.10 Å². The molecular weight excluding hydrogens is 272 g/mol. The van der Waals surface area contributed by atoms with Gasteiger partial charge in [0.05, 0.1) is 23.0 Å². The van der Waals surface area contributed by atoms with Crippen molar-refractivity contribution >= 4 is 11.6 Å². The average Bonchev–Trinajstić information content (AvgIpc) is 2.70. The average molecular weight is 293 g/mol. The number of aryl methyl sites for hydroxylation is 3. The summed E-state index contributed by atoms with van der Waals surface area (Å²) in [7, 11) is 1.92. The van der Waals surface area contributed by atoms with E-state index in [1.165, 1.54) is 5.56 Å².